The van der Waals surface area contributed by atoms with Crippen LogP contribution in [-0.4, -0.2) is 11.5 Å². The fraction of sp³-hybridized carbons (Fsp3) is 0.333. The summed E-state index contributed by atoms with van der Waals surface area (Å²) in [6, 6.07) is 11.7. The molecule has 5 nitrogen and oxygen atoms in total. The zero-order valence-electron chi connectivity index (χ0n) is 16.7. The summed E-state index contributed by atoms with van der Waals surface area (Å²) in [5.74, 6) is 1.22. The lowest BCUT2D eigenvalue weighted by molar-refractivity contribution is 0.460. The highest BCUT2D eigenvalue weighted by Gasteiger charge is 2.30. The lowest BCUT2D eigenvalue weighted by atomic mass is 9.94. The van der Waals surface area contributed by atoms with Gasteiger partial charge in [0.1, 0.15) is 16.9 Å². The molecule has 0 radical (unpaired) electrons. The normalized spacial score (nSPS) is 17.5. The Morgan fingerprint density at radius 3 is 2.79 bits per heavy atom. The van der Waals surface area contributed by atoms with E-state index in [1.165, 1.54) is 18.1 Å². The molecule has 1 aromatic carbocycles. The van der Waals surface area contributed by atoms with E-state index in [0.29, 0.717) is 5.58 Å². The number of piperidine rings is 1. The molecule has 0 amide bonds. The Labute approximate surface area is 169 Å². The van der Waals surface area contributed by atoms with Gasteiger partial charge in [-0.3, -0.25) is 4.98 Å². The molecule has 5 heteroatoms. The van der Waals surface area contributed by atoms with Gasteiger partial charge in [0.2, 0.25) is 0 Å². The van der Waals surface area contributed by atoms with Crippen molar-refractivity contribution in [3.8, 4) is 0 Å². The van der Waals surface area contributed by atoms with Crippen LogP contribution in [0.1, 0.15) is 56.4 Å². The molecule has 5 rings (SSSR count). The molecule has 1 unspecified atom stereocenters. The van der Waals surface area contributed by atoms with Gasteiger partial charge in [0.25, 0.3) is 0 Å². The van der Waals surface area contributed by atoms with Gasteiger partial charge < -0.3 is 13.7 Å². The van der Waals surface area contributed by atoms with Crippen molar-refractivity contribution in [2.75, 3.05) is 11.4 Å². The molecular formula is C24H24N2O3. The first-order valence-corrected chi connectivity index (χ1v) is 10.3. The lowest BCUT2D eigenvalue weighted by Crippen LogP contribution is -2.34. The minimum absolute atomic E-state index is 0.240. The molecule has 1 atom stereocenters. The van der Waals surface area contributed by atoms with Gasteiger partial charge in [0.15, 0.2) is 0 Å². The molecule has 0 spiro atoms. The minimum Gasteiger partial charge on any atom is -0.458 e. The number of rotatable bonds is 3. The third kappa shape index (κ3) is 3.11. The number of hydrogen-bond acceptors (Lipinski definition) is 5. The highest BCUT2D eigenvalue weighted by Crippen LogP contribution is 2.45. The van der Waals surface area contributed by atoms with Crippen LogP contribution in [0.2, 0.25) is 0 Å². The number of hydrogen-bond donors (Lipinski definition) is 0. The van der Waals surface area contributed by atoms with Crippen molar-refractivity contribution < 1.29 is 8.83 Å². The van der Waals surface area contributed by atoms with Crippen LogP contribution in [-0.2, 0) is 0 Å². The standard InChI is InChI=1S/C24H24N2O3/c1-15(2)24-23(26-11-4-3-7-19(26)17-6-5-10-25-14-17)18-12-16-8-9-22(27)28-20(16)13-21(18)29-24/h5-6,8-10,12-15,19H,3-4,7,11H2,1-2H3. The second kappa shape index (κ2) is 7.07. The van der Waals surface area contributed by atoms with E-state index >= 15 is 0 Å². The fourth-order valence-electron chi connectivity index (χ4n) is 4.47. The Morgan fingerprint density at radius 2 is 2.00 bits per heavy atom. The maximum absolute atomic E-state index is 11.6. The van der Waals surface area contributed by atoms with E-state index in [2.05, 4.69) is 35.9 Å². The van der Waals surface area contributed by atoms with Crippen molar-refractivity contribution in [1.82, 2.24) is 4.98 Å². The monoisotopic (exact) mass is 388 g/mol. The maximum atomic E-state index is 11.6. The Morgan fingerprint density at radius 1 is 1.10 bits per heavy atom. The fourth-order valence-corrected chi connectivity index (χ4v) is 4.47. The molecular weight excluding hydrogens is 364 g/mol. The molecule has 0 bridgehead atoms. The summed E-state index contributed by atoms with van der Waals surface area (Å²) in [5.41, 5.74) is 3.38. The predicted octanol–water partition coefficient (Wildman–Crippen LogP) is 5.79. The van der Waals surface area contributed by atoms with Crippen LogP contribution in [0.15, 0.2) is 62.4 Å². The van der Waals surface area contributed by atoms with Gasteiger partial charge in [-0.05, 0) is 43.0 Å². The summed E-state index contributed by atoms with van der Waals surface area (Å²) in [6.07, 6.45) is 7.26. The minimum atomic E-state index is -0.347. The summed E-state index contributed by atoms with van der Waals surface area (Å²) >= 11 is 0. The van der Waals surface area contributed by atoms with Crippen molar-refractivity contribution in [2.24, 2.45) is 0 Å². The van der Waals surface area contributed by atoms with E-state index < -0.39 is 0 Å². The smallest absolute Gasteiger partial charge is 0.336 e. The molecule has 0 N–H and O–H groups in total. The van der Waals surface area contributed by atoms with Gasteiger partial charge >= 0.3 is 5.63 Å². The van der Waals surface area contributed by atoms with E-state index in [-0.39, 0.29) is 17.6 Å². The zero-order valence-corrected chi connectivity index (χ0v) is 16.7. The predicted molar refractivity (Wildman–Crippen MR) is 115 cm³/mol. The van der Waals surface area contributed by atoms with Crippen LogP contribution in [0.25, 0.3) is 21.9 Å². The molecule has 3 aromatic heterocycles. The number of pyridine rings is 1. The molecule has 29 heavy (non-hydrogen) atoms. The van der Waals surface area contributed by atoms with Gasteiger partial charge in [-0.15, -0.1) is 0 Å². The van der Waals surface area contributed by atoms with Crippen LogP contribution in [0.4, 0.5) is 5.69 Å². The second-order valence-corrected chi connectivity index (χ2v) is 8.10. The third-order valence-electron chi connectivity index (χ3n) is 5.81. The largest absolute Gasteiger partial charge is 0.458 e. The highest BCUT2D eigenvalue weighted by atomic mass is 16.4. The number of benzene rings is 1. The third-order valence-corrected chi connectivity index (χ3v) is 5.81. The number of fused-ring (bicyclic) bond motifs is 2. The summed E-state index contributed by atoms with van der Waals surface area (Å²) < 4.78 is 11.7. The van der Waals surface area contributed by atoms with Crippen molar-refractivity contribution in [3.63, 3.8) is 0 Å². The Bertz CT molecular complexity index is 1220. The zero-order chi connectivity index (χ0) is 20.0. The van der Waals surface area contributed by atoms with Crippen LogP contribution in [0.5, 0.6) is 0 Å². The molecule has 148 valence electrons. The number of nitrogens with zero attached hydrogens (tertiary/aromatic N) is 2. The first-order valence-electron chi connectivity index (χ1n) is 10.3. The average Bonchev–Trinajstić information content (AvgIpc) is 3.11. The van der Waals surface area contributed by atoms with E-state index in [1.54, 1.807) is 0 Å². The SMILES string of the molecule is CC(C)c1oc2cc3oc(=O)ccc3cc2c1N1CCCCC1c1cccnc1. The van der Waals surface area contributed by atoms with E-state index in [1.807, 2.05) is 30.6 Å². The topological polar surface area (TPSA) is 59.5 Å². The molecule has 4 heterocycles. The molecule has 1 saturated heterocycles. The Hall–Kier alpha value is -3.08. The van der Waals surface area contributed by atoms with Crippen molar-refractivity contribution in [1.29, 1.82) is 0 Å². The molecule has 0 aliphatic carbocycles. The van der Waals surface area contributed by atoms with Crippen LogP contribution >= 0.6 is 0 Å². The number of aromatic nitrogens is 1. The van der Waals surface area contributed by atoms with Crippen molar-refractivity contribution in [2.45, 2.75) is 45.1 Å². The first kappa shape index (κ1) is 18.0. The quantitative estimate of drug-likeness (QED) is 0.416. The summed E-state index contributed by atoms with van der Waals surface area (Å²) in [4.78, 5) is 18.5. The van der Waals surface area contributed by atoms with Gasteiger partial charge in [-0.25, -0.2) is 4.79 Å². The van der Waals surface area contributed by atoms with Crippen LogP contribution in [0, 0.1) is 0 Å². The maximum Gasteiger partial charge on any atom is 0.336 e. The van der Waals surface area contributed by atoms with E-state index in [0.717, 1.165) is 47.2 Å². The van der Waals surface area contributed by atoms with Gasteiger partial charge in [0.05, 0.1) is 11.7 Å². The molecule has 1 aliphatic rings. The van der Waals surface area contributed by atoms with Crippen molar-refractivity contribution >= 4 is 27.6 Å². The van der Waals surface area contributed by atoms with Gasteiger partial charge in [0, 0.05) is 47.8 Å². The second-order valence-electron chi connectivity index (χ2n) is 8.10. The van der Waals surface area contributed by atoms with Crippen molar-refractivity contribution in [3.05, 3.63) is 70.5 Å². The van der Waals surface area contributed by atoms with Gasteiger partial charge in [-0.1, -0.05) is 19.9 Å². The van der Waals surface area contributed by atoms with E-state index in [4.69, 9.17) is 8.83 Å². The molecule has 4 aromatic rings. The first-order chi connectivity index (χ1) is 14.1. The Balaban J connectivity index is 1.74. The number of anilines is 1. The number of furan rings is 1. The molecule has 1 fully saturated rings. The van der Waals surface area contributed by atoms with Crippen LogP contribution < -0.4 is 10.5 Å². The Kier molecular flexibility index (Phi) is 4.38. The van der Waals surface area contributed by atoms with Crippen LogP contribution in [0.3, 0.4) is 0 Å². The summed E-state index contributed by atoms with van der Waals surface area (Å²) in [7, 11) is 0. The molecule has 1 aliphatic heterocycles. The van der Waals surface area contributed by atoms with E-state index in [9.17, 15) is 4.79 Å². The summed E-state index contributed by atoms with van der Waals surface area (Å²) in [5, 5.41) is 1.98. The average molecular weight is 388 g/mol. The lowest BCUT2D eigenvalue weighted by Gasteiger charge is -2.38. The van der Waals surface area contributed by atoms with Gasteiger partial charge in [-0.2, -0.15) is 0 Å². The summed E-state index contributed by atoms with van der Waals surface area (Å²) in [6.45, 7) is 5.30. The molecule has 0 saturated carbocycles. The highest BCUT2D eigenvalue weighted by molar-refractivity contribution is 6.01.